The van der Waals surface area contributed by atoms with Crippen molar-refractivity contribution in [1.29, 1.82) is 0 Å². The van der Waals surface area contributed by atoms with E-state index in [0.717, 1.165) is 27.5 Å². The first-order valence-electron chi connectivity index (χ1n) is 15.7. The number of benzene rings is 5. The number of halogens is 1. The van der Waals surface area contributed by atoms with Crippen LogP contribution < -0.4 is 20.7 Å². The molecule has 0 aliphatic carbocycles. The molecular weight excluding hydrogens is 700 g/mol. The van der Waals surface area contributed by atoms with E-state index in [1.807, 2.05) is 72.1 Å². The van der Waals surface area contributed by atoms with Gasteiger partial charge in [0, 0.05) is 32.1 Å². The summed E-state index contributed by atoms with van der Waals surface area (Å²) < 4.78 is 5.25. The first-order valence-corrected chi connectivity index (χ1v) is 17.9. The second-order valence-electron chi connectivity index (χ2n) is 11.1. The Bertz CT molecular complexity index is 2170. The number of nitrogens with one attached hydrogen (secondary N) is 3. The van der Waals surface area contributed by atoms with Gasteiger partial charge in [0.15, 0.2) is 5.13 Å². The summed E-state index contributed by atoms with van der Waals surface area (Å²) in [7, 11) is 1.62. The Morgan fingerprint density at radius 2 is 1.55 bits per heavy atom. The lowest BCUT2D eigenvalue weighted by atomic mass is 10.1. The van der Waals surface area contributed by atoms with E-state index in [0.29, 0.717) is 27.0 Å². The van der Waals surface area contributed by atoms with Crippen LogP contribution in [-0.2, 0) is 9.59 Å². The molecule has 1 aromatic heterocycles. The number of ether oxygens (including phenoxy) is 1. The molecule has 1 heterocycles. The average molecular weight is 731 g/mol. The fraction of sp³-hybridized carbons (Fsp3) is 0.0500. The van der Waals surface area contributed by atoms with Crippen molar-refractivity contribution in [3.63, 3.8) is 0 Å². The zero-order chi connectivity index (χ0) is 35.6. The largest absolute Gasteiger partial charge is 0.497 e. The molecule has 0 spiro atoms. The molecule has 1 unspecified atom stereocenters. The minimum atomic E-state index is -0.631. The van der Waals surface area contributed by atoms with Gasteiger partial charge in [-0.25, -0.2) is 4.98 Å². The number of thioether (sulfide) groups is 1. The summed E-state index contributed by atoms with van der Waals surface area (Å²) in [5, 5.41) is 10.9. The van der Waals surface area contributed by atoms with Crippen LogP contribution in [0.2, 0.25) is 5.02 Å². The maximum Gasteiger partial charge on any atom is 0.272 e. The summed E-state index contributed by atoms with van der Waals surface area (Å²) in [6, 6.07) is 39.8. The van der Waals surface area contributed by atoms with Gasteiger partial charge in [0.1, 0.15) is 16.7 Å². The van der Waals surface area contributed by atoms with Gasteiger partial charge in [-0.05, 0) is 83.9 Å². The third-order valence-electron chi connectivity index (χ3n) is 7.49. The zero-order valence-electron chi connectivity index (χ0n) is 27.2. The van der Waals surface area contributed by atoms with E-state index in [-0.39, 0.29) is 11.6 Å². The lowest BCUT2D eigenvalue weighted by Gasteiger charge is -2.17. The standard InChI is InChI=1S/C40H31ClN4O4S2/c1-49-32-20-18-27(19-21-32)35-25-50-40(44-35)45-39(48)36(28-11-4-2-5-12-28)51-33-17-9-16-31(24-33)42-38(47)34(23-26-10-8-15-30(41)22-26)43-37(46)29-13-6-3-7-14-29/h2-25,36H,1H3,(H,42,47)(H,43,46)(H,44,45,48)/b34-23-. The van der Waals surface area contributed by atoms with E-state index in [1.54, 1.807) is 79.9 Å². The van der Waals surface area contributed by atoms with Gasteiger partial charge in [0.05, 0.1) is 12.8 Å². The van der Waals surface area contributed by atoms with Crippen LogP contribution in [0.25, 0.3) is 17.3 Å². The van der Waals surface area contributed by atoms with Gasteiger partial charge in [-0.15, -0.1) is 23.1 Å². The van der Waals surface area contributed by atoms with Gasteiger partial charge in [0.25, 0.3) is 11.8 Å². The molecule has 6 rings (SSSR count). The molecule has 0 saturated heterocycles. The smallest absolute Gasteiger partial charge is 0.272 e. The number of hydrogen-bond donors (Lipinski definition) is 3. The van der Waals surface area contributed by atoms with Crippen molar-refractivity contribution in [3.05, 3.63) is 166 Å². The van der Waals surface area contributed by atoms with E-state index < -0.39 is 17.1 Å². The monoisotopic (exact) mass is 730 g/mol. The van der Waals surface area contributed by atoms with Gasteiger partial charge in [-0.3, -0.25) is 14.4 Å². The molecule has 0 bridgehead atoms. The fourth-order valence-corrected chi connectivity index (χ4v) is 6.99. The van der Waals surface area contributed by atoms with Crippen molar-refractivity contribution in [1.82, 2.24) is 10.3 Å². The molecule has 3 N–H and O–H groups in total. The Balaban J connectivity index is 1.20. The lowest BCUT2D eigenvalue weighted by molar-refractivity contribution is -0.116. The molecule has 1 atom stereocenters. The predicted molar refractivity (Wildman–Crippen MR) is 206 cm³/mol. The van der Waals surface area contributed by atoms with Crippen molar-refractivity contribution in [2.75, 3.05) is 17.7 Å². The van der Waals surface area contributed by atoms with Gasteiger partial charge >= 0.3 is 0 Å². The van der Waals surface area contributed by atoms with Crippen molar-refractivity contribution in [3.8, 4) is 17.0 Å². The highest BCUT2D eigenvalue weighted by molar-refractivity contribution is 8.00. The molecule has 254 valence electrons. The Morgan fingerprint density at radius 3 is 2.27 bits per heavy atom. The number of hydrogen-bond acceptors (Lipinski definition) is 7. The summed E-state index contributed by atoms with van der Waals surface area (Å²) in [6.07, 6.45) is 1.56. The fourth-order valence-electron chi connectivity index (χ4n) is 4.98. The Morgan fingerprint density at radius 1 is 0.824 bits per heavy atom. The number of rotatable bonds is 12. The molecule has 0 aliphatic heterocycles. The molecule has 0 radical (unpaired) electrons. The second kappa shape index (κ2) is 16.8. The van der Waals surface area contributed by atoms with Crippen LogP contribution in [0.3, 0.4) is 0 Å². The first kappa shape index (κ1) is 35.2. The van der Waals surface area contributed by atoms with E-state index in [1.165, 1.54) is 23.1 Å². The first-order chi connectivity index (χ1) is 24.8. The van der Waals surface area contributed by atoms with E-state index >= 15 is 0 Å². The highest BCUT2D eigenvalue weighted by Gasteiger charge is 2.24. The molecule has 8 nitrogen and oxygen atoms in total. The number of aromatic nitrogens is 1. The summed E-state index contributed by atoms with van der Waals surface area (Å²) in [5.41, 5.74) is 4.01. The average Bonchev–Trinajstić information content (AvgIpc) is 3.62. The number of anilines is 2. The SMILES string of the molecule is COc1ccc(-c2csc(NC(=O)C(Sc3cccc(NC(=O)/C(=C/c4cccc(Cl)c4)NC(=O)c4ccccc4)c3)c3ccccc3)n2)cc1. The summed E-state index contributed by atoms with van der Waals surface area (Å²) in [5.74, 6) is -0.462. The van der Waals surface area contributed by atoms with Gasteiger partial charge < -0.3 is 20.7 Å². The van der Waals surface area contributed by atoms with Gasteiger partial charge in [-0.2, -0.15) is 0 Å². The molecule has 0 aliphatic rings. The molecule has 6 aromatic rings. The lowest BCUT2D eigenvalue weighted by Crippen LogP contribution is -2.30. The maximum absolute atomic E-state index is 13.8. The quantitative estimate of drug-likeness (QED) is 0.0856. The summed E-state index contributed by atoms with van der Waals surface area (Å²) in [6.45, 7) is 0. The molecule has 11 heteroatoms. The molecular formula is C40H31ClN4O4S2. The van der Waals surface area contributed by atoms with E-state index in [9.17, 15) is 14.4 Å². The molecule has 3 amide bonds. The Hall–Kier alpha value is -5.68. The van der Waals surface area contributed by atoms with Crippen LogP contribution in [-0.4, -0.2) is 29.8 Å². The number of carbonyl (C=O) groups is 3. The number of methoxy groups -OCH3 is 1. The van der Waals surface area contributed by atoms with Crippen LogP contribution in [0.15, 0.2) is 149 Å². The minimum absolute atomic E-state index is 0.0307. The third kappa shape index (κ3) is 9.52. The zero-order valence-corrected chi connectivity index (χ0v) is 29.6. The topological polar surface area (TPSA) is 109 Å². The van der Waals surface area contributed by atoms with Crippen LogP contribution in [0.1, 0.15) is 26.7 Å². The van der Waals surface area contributed by atoms with Gasteiger partial charge in [0.2, 0.25) is 5.91 Å². The highest BCUT2D eigenvalue weighted by Crippen LogP contribution is 2.38. The van der Waals surface area contributed by atoms with Crippen molar-refractivity contribution in [2.45, 2.75) is 10.1 Å². The van der Waals surface area contributed by atoms with E-state index in [2.05, 4.69) is 20.9 Å². The molecule has 51 heavy (non-hydrogen) atoms. The molecule has 0 fully saturated rings. The second-order valence-corrected chi connectivity index (χ2v) is 13.6. The Labute approximate surface area is 308 Å². The molecule has 5 aromatic carbocycles. The van der Waals surface area contributed by atoms with Crippen LogP contribution in [0, 0.1) is 0 Å². The van der Waals surface area contributed by atoms with Crippen molar-refractivity contribution >= 4 is 69.3 Å². The maximum atomic E-state index is 13.8. The predicted octanol–water partition coefficient (Wildman–Crippen LogP) is 9.35. The van der Waals surface area contributed by atoms with Crippen LogP contribution in [0.5, 0.6) is 5.75 Å². The summed E-state index contributed by atoms with van der Waals surface area (Å²) in [4.78, 5) is 45.9. The number of carbonyl (C=O) groups excluding carboxylic acids is 3. The number of thiazole rings is 1. The summed E-state index contributed by atoms with van der Waals surface area (Å²) >= 11 is 8.87. The minimum Gasteiger partial charge on any atom is -0.497 e. The Kier molecular flexibility index (Phi) is 11.6. The normalized spacial score (nSPS) is 11.7. The third-order valence-corrected chi connectivity index (χ3v) is 9.74. The number of amides is 3. The molecule has 0 saturated carbocycles. The number of nitrogens with zero attached hydrogens (tertiary/aromatic N) is 1. The van der Waals surface area contributed by atoms with Crippen LogP contribution in [0.4, 0.5) is 10.8 Å². The van der Waals surface area contributed by atoms with E-state index in [4.69, 9.17) is 16.3 Å². The van der Waals surface area contributed by atoms with Crippen molar-refractivity contribution < 1.29 is 19.1 Å². The van der Waals surface area contributed by atoms with Crippen LogP contribution >= 0.6 is 34.7 Å². The van der Waals surface area contributed by atoms with Crippen molar-refractivity contribution in [2.24, 2.45) is 0 Å². The van der Waals surface area contributed by atoms with Gasteiger partial charge in [-0.1, -0.05) is 78.3 Å². The highest BCUT2D eigenvalue weighted by atomic mass is 35.5.